The van der Waals surface area contributed by atoms with Crippen LogP contribution in [-0.4, -0.2) is 18.8 Å². The van der Waals surface area contributed by atoms with Gasteiger partial charge in [-0.3, -0.25) is 0 Å². The van der Waals surface area contributed by atoms with Crippen molar-refractivity contribution in [3.63, 3.8) is 0 Å². The molecule has 2 nitrogen and oxygen atoms in total. The average molecular weight is 211 g/mol. The van der Waals surface area contributed by atoms with Gasteiger partial charge in [-0.25, -0.2) is 0 Å². The van der Waals surface area contributed by atoms with Gasteiger partial charge in [-0.15, -0.1) is 0 Å². The Morgan fingerprint density at radius 3 is 2.93 bits per heavy atom. The first-order valence-electron chi connectivity index (χ1n) is 5.12. The van der Waals surface area contributed by atoms with Crippen LogP contribution in [0.3, 0.4) is 0 Å². The van der Waals surface area contributed by atoms with Gasteiger partial charge in [0.25, 0.3) is 0 Å². The molecule has 14 heavy (non-hydrogen) atoms. The molecule has 2 heterocycles. The van der Waals surface area contributed by atoms with Crippen molar-refractivity contribution < 1.29 is 4.74 Å². The Kier molecular flexibility index (Phi) is 3.21. The molecule has 78 valence electrons. The largest absolute Gasteiger partial charge is 0.381 e. The zero-order valence-electron chi connectivity index (χ0n) is 8.58. The summed E-state index contributed by atoms with van der Waals surface area (Å²) in [4.78, 5) is 0. The maximum atomic E-state index is 5.36. The molecule has 1 N–H and O–H groups in total. The number of ether oxygens (including phenoxy) is 1. The van der Waals surface area contributed by atoms with E-state index >= 15 is 0 Å². The highest BCUT2D eigenvalue weighted by Gasteiger charge is 2.26. The van der Waals surface area contributed by atoms with Crippen LogP contribution in [0.1, 0.15) is 25.3 Å². The van der Waals surface area contributed by atoms with Crippen molar-refractivity contribution in [2.24, 2.45) is 0 Å². The minimum absolute atomic E-state index is 0.278. The summed E-state index contributed by atoms with van der Waals surface area (Å²) in [5, 5.41) is 7.96. The van der Waals surface area contributed by atoms with Gasteiger partial charge in [-0.05, 0) is 42.2 Å². The van der Waals surface area contributed by atoms with E-state index in [-0.39, 0.29) is 5.54 Å². The molecule has 1 aromatic rings. The van der Waals surface area contributed by atoms with E-state index in [9.17, 15) is 0 Å². The summed E-state index contributed by atoms with van der Waals surface area (Å²) in [6.07, 6.45) is 2.24. The SMILES string of the molecule is CC1(NCc2ccsc2)CCOCC1. The lowest BCUT2D eigenvalue weighted by atomic mass is 9.92. The smallest absolute Gasteiger partial charge is 0.0483 e. The monoisotopic (exact) mass is 211 g/mol. The maximum absolute atomic E-state index is 5.36. The minimum atomic E-state index is 0.278. The zero-order chi connectivity index (χ0) is 9.86. The Morgan fingerprint density at radius 1 is 1.50 bits per heavy atom. The molecule has 0 aromatic carbocycles. The van der Waals surface area contributed by atoms with Crippen molar-refractivity contribution in [2.45, 2.75) is 31.8 Å². The highest BCUT2D eigenvalue weighted by molar-refractivity contribution is 7.07. The van der Waals surface area contributed by atoms with Crippen LogP contribution in [0, 0.1) is 0 Å². The molecule has 0 amide bonds. The first-order valence-corrected chi connectivity index (χ1v) is 6.07. The van der Waals surface area contributed by atoms with Gasteiger partial charge in [0.1, 0.15) is 0 Å². The van der Waals surface area contributed by atoms with Crippen molar-refractivity contribution >= 4 is 11.3 Å². The van der Waals surface area contributed by atoms with Crippen molar-refractivity contribution in [1.29, 1.82) is 0 Å². The van der Waals surface area contributed by atoms with Crippen LogP contribution in [0.5, 0.6) is 0 Å². The number of nitrogens with one attached hydrogen (secondary N) is 1. The summed E-state index contributed by atoms with van der Waals surface area (Å²) >= 11 is 1.76. The fourth-order valence-corrected chi connectivity index (χ4v) is 2.38. The molecule has 0 atom stereocenters. The number of hydrogen-bond acceptors (Lipinski definition) is 3. The Hall–Kier alpha value is -0.380. The minimum Gasteiger partial charge on any atom is -0.381 e. The van der Waals surface area contributed by atoms with Gasteiger partial charge in [0.2, 0.25) is 0 Å². The molecule has 1 aliphatic heterocycles. The third-order valence-corrected chi connectivity index (χ3v) is 3.63. The second-order valence-electron chi connectivity index (χ2n) is 4.16. The molecule has 0 saturated carbocycles. The van der Waals surface area contributed by atoms with Crippen LogP contribution in [0.2, 0.25) is 0 Å². The lowest BCUT2D eigenvalue weighted by Crippen LogP contribution is -2.46. The first kappa shape index (κ1) is 10.1. The van der Waals surface area contributed by atoms with Crippen LogP contribution >= 0.6 is 11.3 Å². The van der Waals surface area contributed by atoms with Crippen LogP contribution < -0.4 is 5.32 Å². The third kappa shape index (κ3) is 2.56. The predicted molar refractivity (Wildman–Crippen MR) is 59.6 cm³/mol. The first-order chi connectivity index (χ1) is 6.79. The molecule has 0 unspecified atom stereocenters. The molecule has 0 spiro atoms. The van der Waals surface area contributed by atoms with E-state index in [0.29, 0.717) is 0 Å². The Morgan fingerprint density at radius 2 is 2.29 bits per heavy atom. The van der Waals surface area contributed by atoms with Gasteiger partial charge in [0, 0.05) is 25.3 Å². The number of hydrogen-bond donors (Lipinski definition) is 1. The molecule has 0 radical (unpaired) electrons. The normalized spacial score (nSPS) is 20.9. The number of rotatable bonds is 3. The molecule has 1 fully saturated rings. The molecule has 0 aliphatic carbocycles. The standard InChI is InChI=1S/C11H17NOS/c1-11(3-5-13-6-4-11)12-8-10-2-7-14-9-10/h2,7,9,12H,3-6,8H2,1H3. The van der Waals surface area contributed by atoms with E-state index in [1.807, 2.05) is 0 Å². The van der Waals surface area contributed by atoms with Crippen molar-refractivity contribution in [1.82, 2.24) is 5.32 Å². The highest BCUT2D eigenvalue weighted by atomic mass is 32.1. The molecule has 0 bridgehead atoms. The van der Waals surface area contributed by atoms with Gasteiger partial charge in [-0.1, -0.05) is 0 Å². The summed E-state index contributed by atoms with van der Waals surface area (Å²) in [7, 11) is 0. The van der Waals surface area contributed by atoms with Crippen molar-refractivity contribution in [3.05, 3.63) is 22.4 Å². The maximum Gasteiger partial charge on any atom is 0.0483 e. The molecule has 3 heteroatoms. The Bertz CT molecular complexity index is 265. The quantitative estimate of drug-likeness (QED) is 0.829. The highest BCUT2D eigenvalue weighted by Crippen LogP contribution is 2.20. The summed E-state index contributed by atoms with van der Waals surface area (Å²) < 4.78 is 5.36. The van der Waals surface area contributed by atoms with E-state index in [4.69, 9.17) is 4.74 Å². The molecular weight excluding hydrogens is 194 g/mol. The van der Waals surface area contributed by atoms with Crippen molar-refractivity contribution in [3.8, 4) is 0 Å². The molecule has 1 aromatic heterocycles. The summed E-state index contributed by atoms with van der Waals surface area (Å²) in [5.74, 6) is 0. The lowest BCUT2D eigenvalue weighted by molar-refractivity contribution is 0.0446. The summed E-state index contributed by atoms with van der Waals surface area (Å²) in [5.41, 5.74) is 1.67. The second-order valence-corrected chi connectivity index (χ2v) is 4.94. The molecular formula is C11H17NOS. The summed E-state index contributed by atoms with van der Waals surface area (Å²) in [6.45, 7) is 5.07. The molecule has 1 saturated heterocycles. The van der Waals surface area contributed by atoms with Gasteiger partial charge in [0.05, 0.1) is 0 Å². The third-order valence-electron chi connectivity index (χ3n) is 2.90. The van der Waals surface area contributed by atoms with Crippen LogP contribution in [-0.2, 0) is 11.3 Å². The topological polar surface area (TPSA) is 21.3 Å². The van der Waals surface area contributed by atoms with E-state index < -0.39 is 0 Å². The Balaban J connectivity index is 1.84. The fraction of sp³-hybridized carbons (Fsp3) is 0.636. The van der Waals surface area contributed by atoms with Gasteiger partial charge < -0.3 is 10.1 Å². The van der Waals surface area contributed by atoms with E-state index in [1.54, 1.807) is 11.3 Å². The lowest BCUT2D eigenvalue weighted by Gasteiger charge is -2.34. The molecule has 1 aliphatic rings. The van der Waals surface area contributed by atoms with Crippen LogP contribution in [0.15, 0.2) is 16.8 Å². The zero-order valence-corrected chi connectivity index (χ0v) is 9.40. The van der Waals surface area contributed by atoms with Crippen LogP contribution in [0.25, 0.3) is 0 Å². The predicted octanol–water partition coefficient (Wildman–Crippen LogP) is 2.41. The Labute approximate surface area is 89.3 Å². The van der Waals surface area contributed by atoms with E-state index in [2.05, 4.69) is 29.1 Å². The van der Waals surface area contributed by atoms with Gasteiger partial charge in [0.15, 0.2) is 0 Å². The van der Waals surface area contributed by atoms with E-state index in [1.165, 1.54) is 5.56 Å². The average Bonchev–Trinajstić information content (AvgIpc) is 2.69. The van der Waals surface area contributed by atoms with Gasteiger partial charge in [-0.2, -0.15) is 11.3 Å². The van der Waals surface area contributed by atoms with Gasteiger partial charge >= 0.3 is 0 Å². The van der Waals surface area contributed by atoms with Crippen molar-refractivity contribution in [2.75, 3.05) is 13.2 Å². The second kappa shape index (κ2) is 4.43. The summed E-state index contributed by atoms with van der Waals surface area (Å²) in [6, 6.07) is 2.18. The fourth-order valence-electron chi connectivity index (χ4n) is 1.71. The van der Waals surface area contributed by atoms with Crippen LogP contribution in [0.4, 0.5) is 0 Å². The molecule has 2 rings (SSSR count). The number of thiophene rings is 1. The van der Waals surface area contributed by atoms with E-state index in [0.717, 1.165) is 32.6 Å².